The fourth-order valence-electron chi connectivity index (χ4n) is 2.18. The van der Waals surface area contributed by atoms with Gasteiger partial charge in [0.1, 0.15) is 0 Å². The van der Waals surface area contributed by atoms with Crippen LogP contribution in [0.4, 0.5) is 5.69 Å². The van der Waals surface area contributed by atoms with Crippen molar-refractivity contribution in [3.63, 3.8) is 0 Å². The van der Waals surface area contributed by atoms with Crippen LogP contribution in [-0.2, 0) is 0 Å². The number of thiocarbonyl (C=S) groups is 1. The van der Waals surface area contributed by atoms with Crippen LogP contribution in [0.15, 0.2) is 42.5 Å². The lowest BCUT2D eigenvalue weighted by molar-refractivity contribution is 0.174. The number of anilines is 1. The first-order chi connectivity index (χ1) is 10.6. The van der Waals surface area contributed by atoms with Gasteiger partial charge in [0.15, 0.2) is 16.6 Å². The number of hydrogen-bond acceptors (Lipinski definition) is 3. The van der Waals surface area contributed by atoms with Gasteiger partial charge in [-0.1, -0.05) is 29.8 Å². The number of fused-ring (bicyclic) bond motifs is 1. The van der Waals surface area contributed by atoms with E-state index in [1.54, 1.807) is 0 Å². The summed E-state index contributed by atoms with van der Waals surface area (Å²) >= 11 is 11.4. The number of benzene rings is 2. The molecule has 1 aliphatic rings. The minimum absolute atomic E-state index is 0.0250. The third-order valence-electron chi connectivity index (χ3n) is 3.37. The van der Waals surface area contributed by atoms with Crippen LogP contribution in [0.2, 0.25) is 5.02 Å². The Kier molecular flexibility index (Phi) is 4.36. The molecule has 2 aromatic rings. The quantitative estimate of drug-likeness (QED) is 0.827. The van der Waals surface area contributed by atoms with Crippen molar-refractivity contribution in [1.82, 2.24) is 5.32 Å². The molecule has 0 saturated carbocycles. The van der Waals surface area contributed by atoms with Gasteiger partial charge in [0.25, 0.3) is 0 Å². The molecular weight excluding hydrogens is 320 g/mol. The third-order valence-corrected chi connectivity index (χ3v) is 3.92. The molecule has 1 unspecified atom stereocenters. The number of para-hydroxylation sites is 1. The van der Waals surface area contributed by atoms with Crippen LogP contribution < -0.4 is 20.1 Å². The number of nitrogens with one attached hydrogen (secondary N) is 2. The van der Waals surface area contributed by atoms with E-state index in [9.17, 15) is 0 Å². The number of rotatable bonds is 3. The molecule has 0 bridgehead atoms. The molecule has 0 spiro atoms. The average Bonchev–Trinajstić information content (AvgIpc) is 2.97. The van der Waals surface area contributed by atoms with Crippen molar-refractivity contribution in [3.8, 4) is 11.5 Å². The van der Waals surface area contributed by atoms with E-state index in [4.69, 9.17) is 33.3 Å². The number of ether oxygens (including phenoxy) is 2. The van der Waals surface area contributed by atoms with E-state index in [-0.39, 0.29) is 12.8 Å². The molecule has 0 aromatic heterocycles. The summed E-state index contributed by atoms with van der Waals surface area (Å²) in [4.78, 5) is 0. The van der Waals surface area contributed by atoms with Gasteiger partial charge in [-0.25, -0.2) is 0 Å². The van der Waals surface area contributed by atoms with Crippen LogP contribution in [0.3, 0.4) is 0 Å². The molecule has 2 N–H and O–H groups in total. The van der Waals surface area contributed by atoms with E-state index in [0.717, 1.165) is 22.7 Å². The lowest BCUT2D eigenvalue weighted by atomic mass is 10.1. The van der Waals surface area contributed by atoms with Crippen LogP contribution in [-0.4, -0.2) is 11.9 Å². The molecule has 0 aliphatic carbocycles. The molecule has 0 amide bonds. The highest BCUT2D eigenvalue weighted by molar-refractivity contribution is 7.80. The molecule has 22 heavy (non-hydrogen) atoms. The van der Waals surface area contributed by atoms with Crippen LogP contribution in [0.25, 0.3) is 0 Å². The monoisotopic (exact) mass is 334 g/mol. The maximum absolute atomic E-state index is 6.11. The molecule has 6 heteroatoms. The summed E-state index contributed by atoms with van der Waals surface area (Å²) in [6.07, 6.45) is 0. The van der Waals surface area contributed by atoms with Crippen LogP contribution in [0, 0.1) is 0 Å². The molecule has 1 aliphatic heterocycles. The molecule has 2 aromatic carbocycles. The van der Waals surface area contributed by atoms with Gasteiger partial charge >= 0.3 is 0 Å². The Morgan fingerprint density at radius 2 is 1.95 bits per heavy atom. The number of hydrogen-bond donors (Lipinski definition) is 2. The highest BCUT2D eigenvalue weighted by Gasteiger charge is 2.16. The van der Waals surface area contributed by atoms with Crippen LogP contribution in [0.5, 0.6) is 11.5 Å². The van der Waals surface area contributed by atoms with E-state index in [1.807, 2.05) is 49.4 Å². The summed E-state index contributed by atoms with van der Waals surface area (Å²) in [5.41, 5.74) is 1.84. The molecule has 114 valence electrons. The fraction of sp³-hybridized carbons (Fsp3) is 0.188. The summed E-state index contributed by atoms with van der Waals surface area (Å²) in [6.45, 7) is 2.30. The Morgan fingerprint density at radius 1 is 1.18 bits per heavy atom. The van der Waals surface area contributed by atoms with Gasteiger partial charge in [-0.3, -0.25) is 0 Å². The predicted octanol–water partition coefficient (Wildman–Crippen LogP) is 4.12. The van der Waals surface area contributed by atoms with Crippen molar-refractivity contribution in [3.05, 3.63) is 53.1 Å². The van der Waals surface area contributed by atoms with Gasteiger partial charge in [0.2, 0.25) is 6.79 Å². The largest absolute Gasteiger partial charge is 0.454 e. The predicted molar refractivity (Wildman–Crippen MR) is 91.8 cm³/mol. The van der Waals surface area contributed by atoms with Gasteiger partial charge in [-0.2, -0.15) is 0 Å². The minimum Gasteiger partial charge on any atom is -0.454 e. The molecule has 0 saturated heterocycles. The summed E-state index contributed by atoms with van der Waals surface area (Å²) in [6, 6.07) is 13.3. The summed E-state index contributed by atoms with van der Waals surface area (Å²) in [5.74, 6) is 1.53. The Hall–Kier alpha value is -1.98. The van der Waals surface area contributed by atoms with Crippen molar-refractivity contribution in [1.29, 1.82) is 0 Å². The minimum atomic E-state index is 0.0250. The van der Waals surface area contributed by atoms with Crippen LogP contribution >= 0.6 is 23.8 Å². The van der Waals surface area contributed by atoms with Crippen molar-refractivity contribution >= 4 is 34.6 Å². The van der Waals surface area contributed by atoms with Crippen molar-refractivity contribution in [2.75, 3.05) is 12.1 Å². The summed E-state index contributed by atoms with van der Waals surface area (Å²) in [5, 5.41) is 7.46. The highest BCUT2D eigenvalue weighted by Crippen LogP contribution is 2.34. The topological polar surface area (TPSA) is 42.5 Å². The maximum atomic E-state index is 6.11. The van der Waals surface area contributed by atoms with E-state index in [0.29, 0.717) is 10.1 Å². The Morgan fingerprint density at radius 3 is 2.77 bits per heavy atom. The second-order valence-corrected chi connectivity index (χ2v) is 5.73. The smallest absolute Gasteiger partial charge is 0.231 e. The molecular formula is C16H15ClN2O2S. The number of halogens is 1. The van der Waals surface area contributed by atoms with Gasteiger partial charge < -0.3 is 20.1 Å². The van der Waals surface area contributed by atoms with E-state index >= 15 is 0 Å². The Labute approximate surface area is 139 Å². The fourth-order valence-corrected chi connectivity index (χ4v) is 2.65. The summed E-state index contributed by atoms with van der Waals surface area (Å²) < 4.78 is 10.7. The zero-order valence-electron chi connectivity index (χ0n) is 11.9. The maximum Gasteiger partial charge on any atom is 0.231 e. The first-order valence-corrected chi connectivity index (χ1v) is 7.64. The molecule has 1 heterocycles. The van der Waals surface area contributed by atoms with E-state index in [2.05, 4.69) is 10.6 Å². The van der Waals surface area contributed by atoms with E-state index < -0.39 is 0 Å². The average molecular weight is 335 g/mol. The first kappa shape index (κ1) is 14.9. The summed E-state index contributed by atoms with van der Waals surface area (Å²) in [7, 11) is 0. The second kappa shape index (κ2) is 6.42. The molecule has 4 nitrogen and oxygen atoms in total. The molecule has 1 atom stereocenters. The molecule has 3 rings (SSSR count). The lowest BCUT2D eigenvalue weighted by Gasteiger charge is -2.18. The molecule has 0 fully saturated rings. The zero-order chi connectivity index (χ0) is 15.5. The van der Waals surface area contributed by atoms with Crippen molar-refractivity contribution in [2.24, 2.45) is 0 Å². The highest BCUT2D eigenvalue weighted by atomic mass is 35.5. The second-order valence-electron chi connectivity index (χ2n) is 4.91. The Bertz CT molecular complexity index is 708. The van der Waals surface area contributed by atoms with Gasteiger partial charge in [-0.05, 0) is 49.0 Å². The van der Waals surface area contributed by atoms with Gasteiger partial charge in [0, 0.05) is 0 Å². The van der Waals surface area contributed by atoms with Crippen LogP contribution in [0.1, 0.15) is 18.5 Å². The third kappa shape index (κ3) is 3.26. The van der Waals surface area contributed by atoms with Crippen molar-refractivity contribution < 1.29 is 9.47 Å². The molecule has 0 radical (unpaired) electrons. The van der Waals surface area contributed by atoms with Gasteiger partial charge in [0.05, 0.1) is 16.8 Å². The SMILES string of the molecule is CC(NC(=S)Nc1ccccc1Cl)c1ccc2c(c1)OCO2. The standard InChI is InChI=1S/C16H15ClN2O2S/c1-10(11-6-7-14-15(8-11)21-9-20-14)18-16(22)19-13-5-3-2-4-12(13)17/h2-8,10H,9H2,1H3,(H2,18,19,22). The zero-order valence-corrected chi connectivity index (χ0v) is 13.5. The Balaban J connectivity index is 1.65. The van der Waals surface area contributed by atoms with Crippen molar-refractivity contribution in [2.45, 2.75) is 13.0 Å². The normalized spacial score (nSPS) is 13.5. The van der Waals surface area contributed by atoms with Gasteiger partial charge in [-0.15, -0.1) is 0 Å². The first-order valence-electron chi connectivity index (χ1n) is 6.85. The van der Waals surface area contributed by atoms with E-state index in [1.165, 1.54) is 0 Å². The lowest BCUT2D eigenvalue weighted by Crippen LogP contribution is -2.30.